The van der Waals surface area contributed by atoms with Crippen LogP contribution >= 0.6 is 0 Å². The zero-order chi connectivity index (χ0) is 18.6. The zero-order valence-corrected chi connectivity index (χ0v) is 15.9. The van der Waals surface area contributed by atoms with Crippen molar-refractivity contribution in [1.29, 1.82) is 0 Å². The average Bonchev–Trinajstić information content (AvgIpc) is 2.73. The van der Waals surface area contributed by atoms with E-state index in [-0.39, 0.29) is 11.8 Å². The highest BCUT2D eigenvalue weighted by atomic mass is 16.1. The van der Waals surface area contributed by atoms with Gasteiger partial charge in [0.15, 0.2) is 0 Å². The molecule has 1 aromatic carbocycles. The van der Waals surface area contributed by atoms with E-state index in [0.29, 0.717) is 19.0 Å². The van der Waals surface area contributed by atoms with E-state index in [1.54, 1.807) is 12.4 Å². The number of fused-ring (bicyclic) bond motifs is 1. The lowest BCUT2D eigenvalue weighted by atomic mass is 9.97. The minimum absolute atomic E-state index is 0.00804. The number of piperidine rings is 1. The Kier molecular flexibility index (Phi) is 5.23. The van der Waals surface area contributed by atoms with Crippen molar-refractivity contribution in [3.63, 3.8) is 0 Å². The number of hydrogen-bond acceptors (Lipinski definition) is 5. The van der Waals surface area contributed by atoms with Crippen LogP contribution in [0.3, 0.4) is 0 Å². The predicted molar refractivity (Wildman–Crippen MR) is 107 cm³/mol. The van der Waals surface area contributed by atoms with Crippen LogP contribution in [0.1, 0.15) is 30.4 Å². The second-order valence-electron chi connectivity index (χ2n) is 7.54. The Labute approximate surface area is 160 Å². The van der Waals surface area contributed by atoms with Crippen molar-refractivity contribution in [1.82, 2.24) is 15.3 Å². The number of amides is 1. The van der Waals surface area contributed by atoms with Crippen LogP contribution in [0.5, 0.6) is 0 Å². The number of aromatic nitrogens is 2. The van der Waals surface area contributed by atoms with E-state index in [1.165, 1.54) is 23.2 Å². The molecule has 2 aromatic rings. The van der Waals surface area contributed by atoms with Crippen molar-refractivity contribution in [3.8, 4) is 0 Å². The Hall–Kier alpha value is -2.63. The van der Waals surface area contributed by atoms with Gasteiger partial charge in [-0.3, -0.25) is 4.79 Å². The first-order valence-corrected chi connectivity index (χ1v) is 9.83. The number of nitrogens with zero attached hydrogens (tertiary/aromatic N) is 4. The van der Waals surface area contributed by atoms with Crippen molar-refractivity contribution in [2.45, 2.75) is 32.2 Å². The molecule has 0 unspecified atom stereocenters. The van der Waals surface area contributed by atoms with E-state index in [0.717, 1.165) is 32.4 Å². The summed E-state index contributed by atoms with van der Waals surface area (Å²) in [5.41, 5.74) is 3.89. The molecule has 1 amide bonds. The first-order chi connectivity index (χ1) is 13.2. The minimum atomic E-state index is -0.00804. The van der Waals surface area contributed by atoms with Crippen LogP contribution in [-0.4, -0.2) is 42.6 Å². The SMILES string of the molecule is CN1CCCc2cc(CNC(=O)[C@H]3CCCN(c4ncccn4)C3)ccc21. The molecule has 2 aliphatic heterocycles. The lowest BCUT2D eigenvalue weighted by Gasteiger charge is -2.32. The number of benzene rings is 1. The molecule has 1 N–H and O–H groups in total. The van der Waals surface area contributed by atoms with Crippen molar-refractivity contribution in [3.05, 3.63) is 47.8 Å². The highest BCUT2D eigenvalue weighted by Gasteiger charge is 2.27. The Morgan fingerprint density at radius 2 is 2.07 bits per heavy atom. The van der Waals surface area contributed by atoms with Gasteiger partial charge in [-0.2, -0.15) is 0 Å². The Balaban J connectivity index is 1.35. The fourth-order valence-electron chi connectivity index (χ4n) is 4.11. The summed E-state index contributed by atoms with van der Waals surface area (Å²) in [5.74, 6) is 0.839. The summed E-state index contributed by atoms with van der Waals surface area (Å²) in [5, 5.41) is 3.14. The van der Waals surface area contributed by atoms with Gasteiger partial charge in [0, 0.05) is 51.3 Å². The number of nitrogens with one attached hydrogen (secondary N) is 1. The molecule has 0 radical (unpaired) electrons. The number of aryl methyl sites for hydroxylation is 1. The lowest BCUT2D eigenvalue weighted by Crippen LogP contribution is -2.43. The molecule has 6 heteroatoms. The molecular formula is C21H27N5O. The van der Waals surface area contributed by atoms with Gasteiger partial charge in [-0.15, -0.1) is 0 Å². The smallest absolute Gasteiger partial charge is 0.225 e. The Bertz CT molecular complexity index is 794. The molecule has 27 heavy (non-hydrogen) atoms. The largest absolute Gasteiger partial charge is 0.374 e. The summed E-state index contributed by atoms with van der Waals surface area (Å²) in [6.07, 6.45) is 7.72. The summed E-state index contributed by atoms with van der Waals surface area (Å²) in [6.45, 7) is 3.30. The summed E-state index contributed by atoms with van der Waals surface area (Å²) < 4.78 is 0. The van der Waals surface area contributed by atoms with Gasteiger partial charge < -0.3 is 15.1 Å². The highest BCUT2D eigenvalue weighted by molar-refractivity contribution is 5.79. The second-order valence-corrected chi connectivity index (χ2v) is 7.54. The fraction of sp³-hybridized carbons (Fsp3) is 0.476. The van der Waals surface area contributed by atoms with Crippen molar-refractivity contribution < 1.29 is 4.79 Å². The Morgan fingerprint density at radius 1 is 1.22 bits per heavy atom. The third-order valence-electron chi connectivity index (χ3n) is 5.59. The topological polar surface area (TPSA) is 61.4 Å². The molecule has 1 atom stereocenters. The molecule has 0 saturated carbocycles. The summed E-state index contributed by atoms with van der Waals surface area (Å²) in [7, 11) is 2.14. The molecule has 4 rings (SSSR count). The number of carbonyl (C=O) groups excluding carboxylic acids is 1. The summed E-state index contributed by atoms with van der Waals surface area (Å²) >= 11 is 0. The molecule has 3 heterocycles. The Morgan fingerprint density at radius 3 is 2.93 bits per heavy atom. The van der Waals surface area contributed by atoms with Crippen LogP contribution in [-0.2, 0) is 17.8 Å². The first kappa shape index (κ1) is 17.8. The van der Waals surface area contributed by atoms with Gasteiger partial charge >= 0.3 is 0 Å². The van der Waals surface area contributed by atoms with Gasteiger partial charge in [-0.05, 0) is 48.9 Å². The maximum Gasteiger partial charge on any atom is 0.225 e. The van der Waals surface area contributed by atoms with Crippen LogP contribution in [0.2, 0.25) is 0 Å². The van der Waals surface area contributed by atoms with Crippen LogP contribution in [0, 0.1) is 5.92 Å². The molecule has 1 saturated heterocycles. The van der Waals surface area contributed by atoms with Gasteiger partial charge in [0.2, 0.25) is 11.9 Å². The first-order valence-electron chi connectivity index (χ1n) is 9.83. The third kappa shape index (κ3) is 4.04. The fourth-order valence-corrected chi connectivity index (χ4v) is 4.11. The van der Waals surface area contributed by atoms with Gasteiger partial charge in [-0.1, -0.05) is 12.1 Å². The molecule has 0 bridgehead atoms. The lowest BCUT2D eigenvalue weighted by molar-refractivity contribution is -0.125. The number of carbonyl (C=O) groups is 1. The van der Waals surface area contributed by atoms with E-state index in [4.69, 9.17) is 0 Å². The van der Waals surface area contributed by atoms with E-state index < -0.39 is 0 Å². The molecule has 6 nitrogen and oxygen atoms in total. The van der Waals surface area contributed by atoms with Gasteiger partial charge in [-0.25, -0.2) is 9.97 Å². The molecule has 2 aliphatic rings. The van der Waals surface area contributed by atoms with Crippen molar-refractivity contribution >= 4 is 17.5 Å². The van der Waals surface area contributed by atoms with Gasteiger partial charge in [0.25, 0.3) is 0 Å². The second kappa shape index (κ2) is 7.94. The molecular weight excluding hydrogens is 338 g/mol. The third-order valence-corrected chi connectivity index (χ3v) is 5.59. The average molecular weight is 365 g/mol. The highest BCUT2D eigenvalue weighted by Crippen LogP contribution is 2.27. The van der Waals surface area contributed by atoms with Crippen LogP contribution < -0.4 is 15.1 Å². The predicted octanol–water partition coefficient (Wildman–Crippen LogP) is 2.39. The zero-order valence-electron chi connectivity index (χ0n) is 15.9. The maximum atomic E-state index is 12.7. The summed E-state index contributed by atoms with van der Waals surface area (Å²) in [4.78, 5) is 25.8. The standard InChI is InChI=1S/C21H27N5O/c1-25-11-2-5-17-13-16(7-8-19(17)25)14-24-20(27)18-6-3-12-26(15-18)21-22-9-4-10-23-21/h4,7-10,13,18H,2-3,5-6,11-12,14-15H2,1H3,(H,24,27)/t18-/m0/s1. The number of anilines is 2. The quantitative estimate of drug-likeness (QED) is 0.901. The van der Waals surface area contributed by atoms with E-state index in [1.807, 2.05) is 6.07 Å². The molecule has 0 spiro atoms. The van der Waals surface area contributed by atoms with E-state index >= 15 is 0 Å². The maximum absolute atomic E-state index is 12.7. The van der Waals surface area contributed by atoms with Crippen LogP contribution in [0.4, 0.5) is 11.6 Å². The van der Waals surface area contributed by atoms with Crippen LogP contribution in [0.15, 0.2) is 36.7 Å². The van der Waals surface area contributed by atoms with Gasteiger partial charge in [0.1, 0.15) is 0 Å². The molecule has 142 valence electrons. The van der Waals surface area contributed by atoms with Gasteiger partial charge in [0.05, 0.1) is 5.92 Å². The van der Waals surface area contributed by atoms with Crippen molar-refractivity contribution in [2.24, 2.45) is 5.92 Å². The number of hydrogen-bond donors (Lipinski definition) is 1. The monoisotopic (exact) mass is 365 g/mol. The van der Waals surface area contributed by atoms with Crippen LogP contribution in [0.25, 0.3) is 0 Å². The van der Waals surface area contributed by atoms with E-state index in [9.17, 15) is 4.79 Å². The minimum Gasteiger partial charge on any atom is -0.374 e. The normalized spacial score (nSPS) is 19.5. The van der Waals surface area contributed by atoms with E-state index in [2.05, 4.69) is 50.3 Å². The summed E-state index contributed by atoms with van der Waals surface area (Å²) in [6, 6.07) is 8.38. The molecule has 1 fully saturated rings. The molecule has 1 aromatic heterocycles. The molecule has 0 aliphatic carbocycles. The van der Waals surface area contributed by atoms with Crippen molar-refractivity contribution in [2.75, 3.05) is 36.5 Å². The number of rotatable bonds is 4.